The van der Waals surface area contributed by atoms with E-state index in [9.17, 15) is 14.7 Å². The molecule has 1 aromatic heterocycles. The van der Waals surface area contributed by atoms with Gasteiger partial charge in [-0.05, 0) is 24.1 Å². The normalized spacial score (nSPS) is 12.0. The maximum absolute atomic E-state index is 12.0. The number of hydrogen-bond donors (Lipinski definition) is 2. The van der Waals surface area contributed by atoms with E-state index in [-0.39, 0.29) is 18.0 Å². The molecule has 5 heteroatoms. The Kier molecular flexibility index (Phi) is 4.55. The zero-order chi connectivity index (χ0) is 15.4. The summed E-state index contributed by atoms with van der Waals surface area (Å²) in [6.07, 6.45) is 0.709. The number of nitrogens with one attached hydrogen (secondary N) is 1. The zero-order valence-electron chi connectivity index (χ0n) is 12.0. The number of carbonyl (C=O) groups excluding carboxylic acids is 1. The lowest BCUT2D eigenvalue weighted by atomic mass is 10.0. The average molecular weight is 286 g/mol. The van der Waals surface area contributed by atoms with Crippen LogP contribution in [0.15, 0.2) is 47.4 Å². The third kappa shape index (κ3) is 3.58. The topological polar surface area (TPSA) is 71.3 Å². The van der Waals surface area contributed by atoms with Crippen molar-refractivity contribution in [2.75, 3.05) is 6.54 Å². The number of aryl methyl sites for hydroxylation is 2. The Balaban J connectivity index is 2.02. The van der Waals surface area contributed by atoms with Crippen molar-refractivity contribution in [1.29, 1.82) is 0 Å². The number of hydrogen-bond acceptors (Lipinski definition) is 3. The Bertz CT molecular complexity index is 707. The molecule has 0 aliphatic rings. The Labute approximate surface area is 122 Å². The van der Waals surface area contributed by atoms with E-state index < -0.39 is 6.10 Å². The maximum atomic E-state index is 12.0. The molecule has 0 radical (unpaired) electrons. The summed E-state index contributed by atoms with van der Waals surface area (Å²) in [6.45, 7) is 2.03. The van der Waals surface area contributed by atoms with E-state index in [2.05, 4.69) is 5.32 Å². The van der Waals surface area contributed by atoms with Gasteiger partial charge in [0, 0.05) is 25.9 Å². The van der Waals surface area contributed by atoms with Crippen molar-refractivity contribution < 1.29 is 9.90 Å². The molecule has 1 aromatic carbocycles. The van der Waals surface area contributed by atoms with Gasteiger partial charge in [0.2, 0.25) is 5.56 Å². The lowest BCUT2D eigenvalue weighted by Crippen LogP contribution is -2.29. The highest BCUT2D eigenvalue weighted by molar-refractivity contribution is 5.93. The molecule has 1 amide bonds. The van der Waals surface area contributed by atoms with Gasteiger partial charge in [0.15, 0.2) is 0 Å². The van der Waals surface area contributed by atoms with Gasteiger partial charge in [-0.25, -0.2) is 0 Å². The molecule has 21 heavy (non-hydrogen) atoms. The van der Waals surface area contributed by atoms with Gasteiger partial charge in [-0.3, -0.25) is 9.59 Å². The summed E-state index contributed by atoms with van der Waals surface area (Å²) in [5.41, 5.74) is 1.97. The number of aliphatic hydroxyl groups is 1. The van der Waals surface area contributed by atoms with E-state index in [0.29, 0.717) is 5.56 Å². The number of benzene rings is 1. The highest BCUT2D eigenvalue weighted by Gasteiger charge is 2.12. The van der Waals surface area contributed by atoms with Crippen molar-refractivity contribution in [2.45, 2.75) is 13.0 Å². The number of amides is 1. The summed E-state index contributed by atoms with van der Waals surface area (Å²) in [5, 5.41) is 12.8. The number of aromatic nitrogens is 1. The lowest BCUT2D eigenvalue weighted by Gasteiger charge is -2.14. The second kappa shape index (κ2) is 6.37. The van der Waals surface area contributed by atoms with Crippen LogP contribution in [0, 0.1) is 6.92 Å². The smallest absolute Gasteiger partial charge is 0.252 e. The first-order chi connectivity index (χ1) is 9.99. The predicted molar refractivity (Wildman–Crippen MR) is 80.2 cm³/mol. The fraction of sp³-hybridized carbons (Fsp3) is 0.250. The third-order valence-electron chi connectivity index (χ3n) is 3.35. The third-order valence-corrected chi connectivity index (χ3v) is 3.35. The highest BCUT2D eigenvalue weighted by Crippen LogP contribution is 2.16. The molecule has 110 valence electrons. The standard InChI is InChI=1S/C16H18N2O3/c1-11-5-3-4-6-13(11)14(19)9-17-16(21)12-7-8-15(20)18(2)10-12/h3-8,10,14,19H,9H2,1-2H3,(H,17,21). The minimum absolute atomic E-state index is 0.118. The molecule has 2 rings (SSSR count). The molecule has 5 nitrogen and oxygen atoms in total. The summed E-state index contributed by atoms with van der Waals surface area (Å²) in [6, 6.07) is 10.3. The van der Waals surface area contributed by atoms with Crippen LogP contribution in [-0.2, 0) is 7.05 Å². The minimum atomic E-state index is -0.761. The van der Waals surface area contributed by atoms with Crippen LogP contribution in [0.1, 0.15) is 27.6 Å². The Morgan fingerprint density at radius 2 is 2.00 bits per heavy atom. The number of rotatable bonds is 4. The average Bonchev–Trinajstić information content (AvgIpc) is 2.47. The van der Waals surface area contributed by atoms with Gasteiger partial charge < -0.3 is 15.0 Å². The molecule has 2 N–H and O–H groups in total. The molecule has 0 bridgehead atoms. The molecular weight excluding hydrogens is 268 g/mol. The van der Waals surface area contributed by atoms with Gasteiger partial charge in [0.25, 0.3) is 5.91 Å². The Hall–Kier alpha value is -2.40. The van der Waals surface area contributed by atoms with Gasteiger partial charge in [-0.15, -0.1) is 0 Å². The van der Waals surface area contributed by atoms with Crippen LogP contribution >= 0.6 is 0 Å². The first-order valence-electron chi connectivity index (χ1n) is 6.67. The van der Waals surface area contributed by atoms with E-state index in [4.69, 9.17) is 0 Å². The van der Waals surface area contributed by atoms with Crippen molar-refractivity contribution in [2.24, 2.45) is 7.05 Å². The summed E-state index contributed by atoms with van der Waals surface area (Å²) in [7, 11) is 1.58. The van der Waals surface area contributed by atoms with Gasteiger partial charge in [0.05, 0.1) is 11.7 Å². The van der Waals surface area contributed by atoms with Crippen LogP contribution in [-0.4, -0.2) is 22.1 Å². The van der Waals surface area contributed by atoms with Crippen LogP contribution in [0.3, 0.4) is 0 Å². The second-order valence-corrected chi connectivity index (χ2v) is 4.95. The molecule has 1 unspecified atom stereocenters. The van der Waals surface area contributed by atoms with Crippen molar-refractivity contribution in [1.82, 2.24) is 9.88 Å². The Morgan fingerprint density at radius 3 is 2.67 bits per heavy atom. The second-order valence-electron chi connectivity index (χ2n) is 4.95. The molecule has 2 aromatic rings. The fourth-order valence-corrected chi connectivity index (χ4v) is 2.09. The van der Waals surface area contributed by atoms with E-state index in [1.807, 2.05) is 31.2 Å². The molecule has 1 atom stereocenters. The molecule has 0 spiro atoms. The zero-order valence-corrected chi connectivity index (χ0v) is 12.0. The maximum Gasteiger partial charge on any atom is 0.252 e. The van der Waals surface area contributed by atoms with E-state index in [1.54, 1.807) is 7.05 Å². The predicted octanol–water partition coefficient (Wildman–Crippen LogP) is 1.16. The number of nitrogens with zero attached hydrogens (tertiary/aromatic N) is 1. The Morgan fingerprint density at radius 1 is 1.29 bits per heavy atom. The summed E-state index contributed by atoms with van der Waals surface area (Å²) in [5.74, 6) is -0.321. The van der Waals surface area contributed by atoms with Crippen LogP contribution in [0.4, 0.5) is 0 Å². The van der Waals surface area contributed by atoms with Gasteiger partial charge in [0.1, 0.15) is 0 Å². The first kappa shape index (κ1) is 15.0. The van der Waals surface area contributed by atoms with Crippen LogP contribution in [0.5, 0.6) is 0 Å². The van der Waals surface area contributed by atoms with E-state index >= 15 is 0 Å². The van der Waals surface area contributed by atoms with Crippen molar-refractivity contribution in [3.63, 3.8) is 0 Å². The molecular formula is C16H18N2O3. The van der Waals surface area contributed by atoms with Crippen molar-refractivity contribution in [3.05, 3.63) is 69.6 Å². The minimum Gasteiger partial charge on any atom is -0.387 e. The van der Waals surface area contributed by atoms with Gasteiger partial charge in [-0.2, -0.15) is 0 Å². The molecule has 0 saturated carbocycles. The largest absolute Gasteiger partial charge is 0.387 e. The molecule has 0 fully saturated rings. The lowest BCUT2D eigenvalue weighted by molar-refractivity contribution is 0.0915. The summed E-state index contributed by atoms with van der Waals surface area (Å²) < 4.78 is 1.34. The SMILES string of the molecule is Cc1ccccc1C(O)CNC(=O)c1ccc(=O)n(C)c1. The van der Waals surface area contributed by atoms with E-state index in [1.165, 1.54) is 22.9 Å². The highest BCUT2D eigenvalue weighted by atomic mass is 16.3. The van der Waals surface area contributed by atoms with Gasteiger partial charge >= 0.3 is 0 Å². The number of carbonyl (C=O) groups is 1. The van der Waals surface area contributed by atoms with Crippen molar-refractivity contribution >= 4 is 5.91 Å². The van der Waals surface area contributed by atoms with Gasteiger partial charge in [-0.1, -0.05) is 24.3 Å². The van der Waals surface area contributed by atoms with Crippen LogP contribution in [0.2, 0.25) is 0 Å². The molecule has 0 aliphatic heterocycles. The van der Waals surface area contributed by atoms with Crippen LogP contribution < -0.4 is 10.9 Å². The summed E-state index contributed by atoms with van der Waals surface area (Å²) in [4.78, 5) is 23.3. The molecule has 1 heterocycles. The number of aliphatic hydroxyl groups excluding tert-OH is 1. The molecule has 0 saturated heterocycles. The fourth-order valence-electron chi connectivity index (χ4n) is 2.09. The molecule has 0 aliphatic carbocycles. The van der Waals surface area contributed by atoms with Crippen LogP contribution in [0.25, 0.3) is 0 Å². The monoisotopic (exact) mass is 286 g/mol. The van der Waals surface area contributed by atoms with E-state index in [0.717, 1.165) is 11.1 Å². The van der Waals surface area contributed by atoms with Crippen molar-refractivity contribution in [3.8, 4) is 0 Å². The number of pyridine rings is 1. The summed E-state index contributed by atoms with van der Waals surface area (Å²) >= 11 is 0. The first-order valence-corrected chi connectivity index (χ1v) is 6.67. The quantitative estimate of drug-likeness (QED) is 0.886.